The standard InChI is InChI=1S/C23H26N4O5S/c24-25-22(28)18-6-4-17(5-7-18)15-27(23(29)26-9-12-33(30,31)13-10-26)21-3-1-2-19(14-21)20-8-11-32-16-20/h1-8,11,14,16,23,29H,9-10,12-13,15,24H2,(H,25,28). The Kier molecular flexibility index (Phi) is 6.80. The summed E-state index contributed by atoms with van der Waals surface area (Å²) in [4.78, 5) is 15.3. The number of hydrogen-bond donors (Lipinski definition) is 3. The Morgan fingerprint density at radius 1 is 1.12 bits per heavy atom. The monoisotopic (exact) mass is 470 g/mol. The first-order valence-electron chi connectivity index (χ1n) is 10.5. The van der Waals surface area contributed by atoms with Crippen molar-refractivity contribution >= 4 is 21.4 Å². The Balaban J connectivity index is 1.63. The summed E-state index contributed by atoms with van der Waals surface area (Å²) in [6, 6.07) is 16.5. The minimum Gasteiger partial charge on any atom is -0.472 e. The van der Waals surface area contributed by atoms with Gasteiger partial charge in [-0.05, 0) is 41.5 Å². The molecule has 9 nitrogen and oxygen atoms in total. The first kappa shape index (κ1) is 23.0. The molecule has 1 unspecified atom stereocenters. The van der Waals surface area contributed by atoms with Crippen molar-refractivity contribution in [3.63, 3.8) is 0 Å². The number of nitrogens with two attached hydrogens (primary N) is 1. The molecule has 1 saturated heterocycles. The molecule has 1 aliphatic heterocycles. The Morgan fingerprint density at radius 2 is 1.85 bits per heavy atom. The largest absolute Gasteiger partial charge is 0.472 e. The maximum absolute atomic E-state index is 11.9. The number of nitrogens with zero attached hydrogens (tertiary/aromatic N) is 2. The lowest BCUT2D eigenvalue weighted by atomic mass is 10.1. The Hall–Kier alpha value is -3.18. The number of hydrazine groups is 1. The second-order valence-corrected chi connectivity index (χ2v) is 10.2. The summed E-state index contributed by atoms with van der Waals surface area (Å²) in [5, 5.41) is 11.3. The van der Waals surface area contributed by atoms with E-state index in [9.17, 15) is 18.3 Å². The molecule has 1 amide bonds. The SMILES string of the molecule is NNC(=O)c1ccc(CN(c2cccc(-c3ccoc3)c2)C(O)N2CCS(=O)(=O)CC2)cc1. The number of sulfone groups is 1. The number of aliphatic hydroxyl groups is 1. The molecule has 1 aromatic heterocycles. The van der Waals surface area contributed by atoms with Gasteiger partial charge in [-0.15, -0.1) is 0 Å². The molecule has 10 heteroatoms. The molecule has 4 N–H and O–H groups in total. The zero-order valence-corrected chi connectivity index (χ0v) is 18.7. The van der Waals surface area contributed by atoms with Gasteiger partial charge in [-0.3, -0.25) is 15.1 Å². The molecule has 1 fully saturated rings. The molecule has 33 heavy (non-hydrogen) atoms. The van der Waals surface area contributed by atoms with Crippen LogP contribution in [0.5, 0.6) is 0 Å². The zero-order valence-electron chi connectivity index (χ0n) is 17.9. The number of carbonyl (C=O) groups is 1. The van der Waals surface area contributed by atoms with Crippen LogP contribution in [0.15, 0.2) is 71.5 Å². The number of nitrogen functional groups attached to an aromatic ring is 1. The highest BCUT2D eigenvalue weighted by molar-refractivity contribution is 7.91. The van der Waals surface area contributed by atoms with E-state index in [0.717, 1.165) is 22.4 Å². The molecule has 1 aliphatic rings. The predicted octanol–water partition coefficient (Wildman–Crippen LogP) is 1.56. The summed E-state index contributed by atoms with van der Waals surface area (Å²) < 4.78 is 28.9. The second-order valence-electron chi connectivity index (χ2n) is 7.89. The van der Waals surface area contributed by atoms with Gasteiger partial charge < -0.3 is 14.4 Å². The maximum atomic E-state index is 11.9. The molecule has 0 radical (unpaired) electrons. The summed E-state index contributed by atoms with van der Waals surface area (Å²) >= 11 is 0. The maximum Gasteiger partial charge on any atom is 0.265 e. The van der Waals surface area contributed by atoms with Crippen molar-refractivity contribution < 1.29 is 22.7 Å². The van der Waals surface area contributed by atoms with Crippen LogP contribution in [0.4, 0.5) is 5.69 Å². The molecule has 0 saturated carbocycles. The smallest absolute Gasteiger partial charge is 0.265 e. The fourth-order valence-electron chi connectivity index (χ4n) is 3.80. The van der Waals surface area contributed by atoms with Crippen LogP contribution in [0.1, 0.15) is 15.9 Å². The van der Waals surface area contributed by atoms with Gasteiger partial charge >= 0.3 is 0 Å². The summed E-state index contributed by atoms with van der Waals surface area (Å²) in [7, 11) is -3.08. The highest BCUT2D eigenvalue weighted by atomic mass is 32.2. The van der Waals surface area contributed by atoms with E-state index in [1.54, 1.807) is 46.6 Å². The lowest BCUT2D eigenvalue weighted by molar-refractivity contribution is 0.00601. The fourth-order valence-corrected chi connectivity index (χ4v) is 5.02. The molecule has 2 heterocycles. The van der Waals surface area contributed by atoms with Crippen LogP contribution >= 0.6 is 0 Å². The van der Waals surface area contributed by atoms with E-state index >= 15 is 0 Å². The van der Waals surface area contributed by atoms with Crippen LogP contribution in [0.25, 0.3) is 11.1 Å². The van der Waals surface area contributed by atoms with Crippen LogP contribution in [-0.4, -0.2) is 55.3 Å². The number of carbonyl (C=O) groups excluding carboxylic acids is 1. The molecular weight excluding hydrogens is 444 g/mol. The zero-order chi connectivity index (χ0) is 23.4. The number of rotatable bonds is 7. The molecule has 0 spiro atoms. The van der Waals surface area contributed by atoms with E-state index in [-0.39, 0.29) is 30.5 Å². The van der Waals surface area contributed by atoms with Gasteiger partial charge in [0.2, 0.25) is 0 Å². The van der Waals surface area contributed by atoms with Crippen LogP contribution in [-0.2, 0) is 16.4 Å². The van der Waals surface area contributed by atoms with Gasteiger partial charge in [0.1, 0.15) is 0 Å². The quantitative estimate of drug-likeness (QED) is 0.205. The van der Waals surface area contributed by atoms with Crippen LogP contribution in [0, 0.1) is 0 Å². The number of furan rings is 1. The van der Waals surface area contributed by atoms with Crippen molar-refractivity contribution in [2.75, 3.05) is 29.5 Å². The second kappa shape index (κ2) is 9.75. The van der Waals surface area contributed by atoms with Gasteiger partial charge in [0.15, 0.2) is 16.2 Å². The predicted molar refractivity (Wildman–Crippen MR) is 125 cm³/mol. The molecule has 4 rings (SSSR count). The van der Waals surface area contributed by atoms with E-state index in [4.69, 9.17) is 10.3 Å². The lowest BCUT2D eigenvalue weighted by Crippen LogP contribution is -2.53. The Morgan fingerprint density at radius 3 is 2.48 bits per heavy atom. The van der Waals surface area contributed by atoms with E-state index in [1.165, 1.54) is 0 Å². The van der Waals surface area contributed by atoms with Crippen molar-refractivity contribution in [1.29, 1.82) is 0 Å². The van der Waals surface area contributed by atoms with Gasteiger partial charge in [-0.1, -0.05) is 24.3 Å². The highest BCUT2D eigenvalue weighted by Crippen LogP contribution is 2.28. The average Bonchev–Trinajstić information content (AvgIpc) is 3.37. The molecule has 0 bridgehead atoms. The summed E-state index contributed by atoms with van der Waals surface area (Å²) in [5.41, 5.74) is 5.99. The van der Waals surface area contributed by atoms with Crippen molar-refractivity contribution in [1.82, 2.24) is 10.3 Å². The van der Waals surface area contributed by atoms with E-state index in [2.05, 4.69) is 5.43 Å². The van der Waals surface area contributed by atoms with Gasteiger partial charge in [0.05, 0.1) is 24.0 Å². The third-order valence-corrected chi connectivity index (χ3v) is 7.33. The molecule has 3 aromatic rings. The van der Waals surface area contributed by atoms with Crippen LogP contribution in [0.3, 0.4) is 0 Å². The molecular formula is C23H26N4O5S. The normalized spacial score (nSPS) is 16.8. The third kappa shape index (κ3) is 5.42. The molecule has 0 aliphatic carbocycles. The number of hydrogen-bond acceptors (Lipinski definition) is 8. The topological polar surface area (TPSA) is 129 Å². The van der Waals surface area contributed by atoms with Crippen molar-refractivity contribution in [2.24, 2.45) is 5.84 Å². The minimum absolute atomic E-state index is 0.00978. The Labute approximate surface area is 192 Å². The highest BCUT2D eigenvalue weighted by Gasteiger charge is 2.30. The van der Waals surface area contributed by atoms with Crippen LogP contribution < -0.4 is 16.2 Å². The summed E-state index contributed by atoms with van der Waals surface area (Å²) in [5.74, 6) is 4.83. The van der Waals surface area contributed by atoms with Gasteiger partial charge in [0.25, 0.3) is 5.91 Å². The van der Waals surface area contributed by atoms with Gasteiger partial charge in [-0.25, -0.2) is 14.3 Å². The number of benzene rings is 2. The van der Waals surface area contributed by atoms with E-state index < -0.39 is 16.2 Å². The third-order valence-electron chi connectivity index (χ3n) is 5.72. The average molecular weight is 471 g/mol. The Bertz CT molecular complexity index is 1180. The fraction of sp³-hybridized carbons (Fsp3) is 0.261. The van der Waals surface area contributed by atoms with Crippen LogP contribution in [0.2, 0.25) is 0 Å². The minimum atomic E-state index is -3.08. The number of aliphatic hydroxyl groups excluding tert-OH is 1. The first-order valence-corrected chi connectivity index (χ1v) is 12.3. The summed E-state index contributed by atoms with van der Waals surface area (Å²) in [6.45, 7) is 0.831. The number of anilines is 1. The number of nitrogens with one attached hydrogen (secondary N) is 1. The van der Waals surface area contributed by atoms with E-state index in [1.807, 2.05) is 30.3 Å². The van der Waals surface area contributed by atoms with Gasteiger partial charge in [0, 0.05) is 36.4 Å². The van der Waals surface area contributed by atoms with Crippen molar-refractivity contribution in [3.8, 4) is 11.1 Å². The van der Waals surface area contributed by atoms with Crippen molar-refractivity contribution in [3.05, 3.63) is 78.3 Å². The first-order chi connectivity index (χ1) is 15.9. The van der Waals surface area contributed by atoms with E-state index in [0.29, 0.717) is 12.1 Å². The molecule has 1 atom stereocenters. The molecule has 2 aromatic carbocycles. The number of amides is 1. The summed E-state index contributed by atoms with van der Waals surface area (Å²) in [6.07, 6.45) is 2.21. The van der Waals surface area contributed by atoms with Crippen molar-refractivity contribution in [2.45, 2.75) is 12.9 Å². The van der Waals surface area contributed by atoms with Gasteiger partial charge in [-0.2, -0.15) is 0 Å². The molecule has 174 valence electrons. The lowest BCUT2D eigenvalue weighted by Gasteiger charge is -2.39.